The number of nitrogens with zero attached hydrogens (tertiary/aromatic N) is 1. The van der Waals surface area contributed by atoms with Gasteiger partial charge in [0.25, 0.3) is 0 Å². The van der Waals surface area contributed by atoms with Gasteiger partial charge in [-0.05, 0) is 76.9 Å². The minimum atomic E-state index is -0.151. The van der Waals surface area contributed by atoms with Crippen LogP contribution in [0, 0.1) is 11.7 Å². The Morgan fingerprint density at radius 2 is 1.90 bits per heavy atom. The molecular formula is C17H27FN2. The largest absolute Gasteiger partial charge is 0.310 e. The van der Waals surface area contributed by atoms with Crippen molar-refractivity contribution in [2.24, 2.45) is 5.92 Å². The molecule has 1 fully saturated rings. The highest BCUT2D eigenvalue weighted by atomic mass is 19.1. The monoisotopic (exact) mass is 278 g/mol. The zero-order valence-electron chi connectivity index (χ0n) is 12.9. The van der Waals surface area contributed by atoms with E-state index in [1.54, 1.807) is 12.1 Å². The van der Waals surface area contributed by atoms with Crippen LogP contribution in [0.15, 0.2) is 24.3 Å². The highest BCUT2D eigenvalue weighted by molar-refractivity contribution is 5.21. The first-order chi connectivity index (χ1) is 9.58. The Hall–Kier alpha value is -0.930. The second-order valence-electron chi connectivity index (χ2n) is 6.25. The van der Waals surface area contributed by atoms with Gasteiger partial charge in [-0.1, -0.05) is 12.1 Å². The summed E-state index contributed by atoms with van der Waals surface area (Å²) in [5, 5.41) is 3.66. The fourth-order valence-electron chi connectivity index (χ4n) is 2.50. The Balaban J connectivity index is 1.80. The molecule has 1 aliphatic carbocycles. The third kappa shape index (κ3) is 4.57. The molecule has 1 N–H and O–H groups in total. The minimum absolute atomic E-state index is 0.151. The van der Waals surface area contributed by atoms with Crippen molar-refractivity contribution in [2.45, 2.75) is 45.2 Å². The van der Waals surface area contributed by atoms with Gasteiger partial charge < -0.3 is 10.2 Å². The van der Waals surface area contributed by atoms with E-state index in [9.17, 15) is 4.39 Å². The van der Waals surface area contributed by atoms with Crippen LogP contribution in [0.25, 0.3) is 0 Å². The molecule has 112 valence electrons. The van der Waals surface area contributed by atoms with Crippen LogP contribution in [0.1, 0.15) is 44.7 Å². The van der Waals surface area contributed by atoms with Gasteiger partial charge in [0.1, 0.15) is 5.82 Å². The molecule has 20 heavy (non-hydrogen) atoms. The van der Waals surface area contributed by atoms with Gasteiger partial charge in [-0.25, -0.2) is 4.39 Å². The average Bonchev–Trinajstić information content (AvgIpc) is 3.24. The van der Waals surface area contributed by atoms with E-state index in [1.807, 2.05) is 12.1 Å². The van der Waals surface area contributed by atoms with Crippen molar-refractivity contribution in [3.05, 3.63) is 35.6 Å². The Morgan fingerprint density at radius 1 is 1.25 bits per heavy atom. The molecule has 1 unspecified atom stereocenters. The molecule has 2 rings (SSSR count). The summed E-state index contributed by atoms with van der Waals surface area (Å²) in [6.45, 7) is 6.58. The van der Waals surface area contributed by atoms with Crippen LogP contribution in [0.2, 0.25) is 0 Å². The molecule has 1 aliphatic rings. The van der Waals surface area contributed by atoms with Gasteiger partial charge in [0.2, 0.25) is 0 Å². The van der Waals surface area contributed by atoms with E-state index < -0.39 is 0 Å². The van der Waals surface area contributed by atoms with Crippen molar-refractivity contribution < 1.29 is 4.39 Å². The molecule has 1 aromatic rings. The maximum absolute atomic E-state index is 13.0. The summed E-state index contributed by atoms with van der Waals surface area (Å²) in [6, 6.07) is 7.99. The molecule has 0 heterocycles. The maximum atomic E-state index is 13.0. The first-order valence-corrected chi connectivity index (χ1v) is 7.77. The Morgan fingerprint density at radius 3 is 2.45 bits per heavy atom. The van der Waals surface area contributed by atoms with Crippen LogP contribution in [0.4, 0.5) is 4.39 Å². The fraction of sp³-hybridized carbons (Fsp3) is 0.647. The number of nitrogens with one attached hydrogen (secondary N) is 1. The summed E-state index contributed by atoms with van der Waals surface area (Å²) in [5.74, 6) is 0.588. The Kier molecular flexibility index (Phi) is 5.55. The molecule has 0 radical (unpaired) electrons. The molecule has 0 bridgehead atoms. The number of rotatable bonds is 8. The number of hydrogen-bond donors (Lipinski definition) is 1. The van der Waals surface area contributed by atoms with E-state index in [0.29, 0.717) is 12.1 Å². The van der Waals surface area contributed by atoms with Crippen LogP contribution >= 0.6 is 0 Å². The number of hydrogen-bond acceptors (Lipinski definition) is 2. The van der Waals surface area contributed by atoms with E-state index in [1.165, 1.54) is 18.4 Å². The average molecular weight is 278 g/mol. The molecule has 1 aromatic carbocycles. The summed E-state index contributed by atoms with van der Waals surface area (Å²) in [4.78, 5) is 2.37. The quantitative estimate of drug-likeness (QED) is 0.731. The van der Waals surface area contributed by atoms with Crippen molar-refractivity contribution >= 4 is 0 Å². The molecule has 0 aromatic heterocycles. The molecule has 3 heteroatoms. The first kappa shape index (κ1) is 15.5. The van der Waals surface area contributed by atoms with Gasteiger partial charge in [-0.15, -0.1) is 0 Å². The highest BCUT2D eigenvalue weighted by Gasteiger charge is 2.31. The SMILES string of the molecule is CC(C)N(C)CCCNC(c1ccc(F)cc1)C1CC1. The van der Waals surface area contributed by atoms with Crippen LogP contribution in [0.3, 0.4) is 0 Å². The van der Waals surface area contributed by atoms with E-state index >= 15 is 0 Å². The molecule has 0 amide bonds. The summed E-state index contributed by atoms with van der Waals surface area (Å²) in [7, 11) is 2.17. The van der Waals surface area contributed by atoms with Crippen LogP contribution < -0.4 is 5.32 Å². The smallest absolute Gasteiger partial charge is 0.123 e. The van der Waals surface area contributed by atoms with Gasteiger partial charge >= 0.3 is 0 Å². The van der Waals surface area contributed by atoms with E-state index in [2.05, 4.69) is 31.1 Å². The van der Waals surface area contributed by atoms with Gasteiger partial charge in [-0.2, -0.15) is 0 Å². The number of benzene rings is 1. The summed E-state index contributed by atoms with van der Waals surface area (Å²) in [5.41, 5.74) is 1.23. The standard InChI is InChI=1S/C17H27FN2/c1-13(2)20(3)12-4-11-19-17(14-5-6-14)15-7-9-16(18)10-8-15/h7-10,13-14,17,19H,4-6,11-12H2,1-3H3. The van der Waals surface area contributed by atoms with Gasteiger partial charge in [0.05, 0.1) is 0 Å². The van der Waals surface area contributed by atoms with Gasteiger partial charge in [-0.3, -0.25) is 0 Å². The first-order valence-electron chi connectivity index (χ1n) is 7.77. The summed E-state index contributed by atoms with van der Waals surface area (Å²) in [6.07, 6.45) is 3.74. The van der Waals surface area contributed by atoms with E-state index in [4.69, 9.17) is 0 Å². The summed E-state index contributed by atoms with van der Waals surface area (Å²) < 4.78 is 13.0. The normalized spacial score (nSPS) is 16.9. The van der Waals surface area contributed by atoms with Crippen LogP contribution in [-0.4, -0.2) is 31.1 Å². The lowest BCUT2D eigenvalue weighted by Gasteiger charge is -2.23. The topological polar surface area (TPSA) is 15.3 Å². The molecule has 0 aliphatic heterocycles. The third-order valence-corrected chi connectivity index (χ3v) is 4.26. The molecular weight excluding hydrogens is 251 g/mol. The second-order valence-corrected chi connectivity index (χ2v) is 6.25. The third-order valence-electron chi connectivity index (χ3n) is 4.26. The van der Waals surface area contributed by atoms with Crippen molar-refractivity contribution in [1.82, 2.24) is 10.2 Å². The molecule has 0 spiro atoms. The molecule has 0 saturated heterocycles. The minimum Gasteiger partial charge on any atom is -0.310 e. The lowest BCUT2D eigenvalue weighted by Crippen LogP contribution is -2.31. The van der Waals surface area contributed by atoms with Crippen LogP contribution in [-0.2, 0) is 0 Å². The second kappa shape index (κ2) is 7.19. The van der Waals surface area contributed by atoms with Crippen molar-refractivity contribution in [2.75, 3.05) is 20.1 Å². The van der Waals surface area contributed by atoms with Crippen molar-refractivity contribution in [3.63, 3.8) is 0 Å². The van der Waals surface area contributed by atoms with Gasteiger partial charge in [0.15, 0.2) is 0 Å². The van der Waals surface area contributed by atoms with E-state index in [-0.39, 0.29) is 5.82 Å². The lowest BCUT2D eigenvalue weighted by atomic mass is 10.0. The van der Waals surface area contributed by atoms with Crippen molar-refractivity contribution in [1.29, 1.82) is 0 Å². The predicted molar refractivity (Wildman–Crippen MR) is 82.3 cm³/mol. The maximum Gasteiger partial charge on any atom is 0.123 e. The van der Waals surface area contributed by atoms with Crippen LogP contribution in [0.5, 0.6) is 0 Å². The lowest BCUT2D eigenvalue weighted by molar-refractivity contribution is 0.267. The molecule has 1 atom stereocenters. The Labute approximate surface area is 122 Å². The zero-order valence-corrected chi connectivity index (χ0v) is 12.9. The highest BCUT2D eigenvalue weighted by Crippen LogP contribution is 2.40. The molecule has 2 nitrogen and oxygen atoms in total. The van der Waals surface area contributed by atoms with Crippen molar-refractivity contribution in [3.8, 4) is 0 Å². The Bertz CT molecular complexity index is 398. The van der Waals surface area contributed by atoms with E-state index in [0.717, 1.165) is 25.4 Å². The predicted octanol–water partition coefficient (Wildman–Crippen LogP) is 3.60. The zero-order chi connectivity index (χ0) is 14.5. The summed E-state index contributed by atoms with van der Waals surface area (Å²) >= 11 is 0. The molecule has 1 saturated carbocycles. The number of halogens is 1. The van der Waals surface area contributed by atoms with Gasteiger partial charge in [0, 0.05) is 12.1 Å². The fourth-order valence-corrected chi connectivity index (χ4v) is 2.50.